The highest BCUT2D eigenvalue weighted by atomic mass is 16.5. The van der Waals surface area contributed by atoms with E-state index < -0.39 is 17.4 Å². The Labute approximate surface area is 186 Å². The molecule has 3 aromatic rings. The number of carboxylic acids is 1. The van der Waals surface area contributed by atoms with Crippen LogP contribution in [0.4, 0.5) is 0 Å². The molecule has 0 unspecified atom stereocenters. The largest absolute Gasteiger partial charge is 0.490 e. The predicted molar refractivity (Wildman–Crippen MR) is 122 cm³/mol. The number of carboxylic acid groups (broad SMARTS) is 1. The quantitative estimate of drug-likeness (QED) is 0.419. The van der Waals surface area contributed by atoms with E-state index in [0.29, 0.717) is 48.0 Å². The number of aromatic carboxylic acids is 1. The molecule has 0 atom stereocenters. The SMILES string of the molecule is CCCOc1ccc(-c2c(C(=O)O)oc(=O)c3ccccc23)c(OCCC)c1OCCC. The molecule has 0 radical (unpaired) electrons. The van der Waals surface area contributed by atoms with Crippen LogP contribution in [0, 0.1) is 0 Å². The minimum Gasteiger partial charge on any atom is -0.490 e. The summed E-state index contributed by atoms with van der Waals surface area (Å²) in [5, 5.41) is 10.6. The smallest absolute Gasteiger partial charge is 0.372 e. The van der Waals surface area contributed by atoms with Crippen molar-refractivity contribution in [2.24, 2.45) is 0 Å². The Morgan fingerprint density at radius 2 is 1.44 bits per heavy atom. The van der Waals surface area contributed by atoms with Crippen molar-refractivity contribution in [2.45, 2.75) is 40.0 Å². The van der Waals surface area contributed by atoms with E-state index in [4.69, 9.17) is 18.6 Å². The molecule has 2 aromatic carbocycles. The molecule has 0 fully saturated rings. The molecule has 1 aromatic heterocycles. The fourth-order valence-corrected chi connectivity index (χ4v) is 3.37. The molecule has 7 heteroatoms. The van der Waals surface area contributed by atoms with Gasteiger partial charge in [-0.15, -0.1) is 0 Å². The van der Waals surface area contributed by atoms with E-state index in [2.05, 4.69) is 0 Å². The van der Waals surface area contributed by atoms with Gasteiger partial charge in [-0.2, -0.15) is 0 Å². The normalized spacial score (nSPS) is 10.8. The van der Waals surface area contributed by atoms with Gasteiger partial charge in [0.15, 0.2) is 11.5 Å². The van der Waals surface area contributed by atoms with Crippen LogP contribution >= 0.6 is 0 Å². The first-order valence-corrected chi connectivity index (χ1v) is 10.9. The van der Waals surface area contributed by atoms with Crippen molar-refractivity contribution in [3.05, 3.63) is 52.6 Å². The third kappa shape index (κ3) is 4.72. The number of hydrogen-bond acceptors (Lipinski definition) is 6. The van der Waals surface area contributed by atoms with E-state index in [1.54, 1.807) is 36.4 Å². The van der Waals surface area contributed by atoms with Gasteiger partial charge in [0.05, 0.1) is 25.2 Å². The van der Waals surface area contributed by atoms with Crippen LogP contribution in [-0.4, -0.2) is 30.9 Å². The molecule has 32 heavy (non-hydrogen) atoms. The zero-order chi connectivity index (χ0) is 23.1. The van der Waals surface area contributed by atoms with Crippen LogP contribution in [0.1, 0.15) is 50.6 Å². The number of hydrogen-bond donors (Lipinski definition) is 1. The summed E-state index contributed by atoms with van der Waals surface area (Å²) in [7, 11) is 0. The Balaban J connectivity index is 2.37. The molecule has 0 aliphatic carbocycles. The Morgan fingerprint density at radius 3 is 2.06 bits per heavy atom. The van der Waals surface area contributed by atoms with Gasteiger partial charge in [0, 0.05) is 16.5 Å². The molecular weight excluding hydrogens is 412 g/mol. The molecule has 7 nitrogen and oxygen atoms in total. The van der Waals surface area contributed by atoms with E-state index in [0.717, 1.165) is 19.3 Å². The second-order valence-electron chi connectivity index (χ2n) is 7.26. The van der Waals surface area contributed by atoms with Gasteiger partial charge >= 0.3 is 11.6 Å². The van der Waals surface area contributed by atoms with Crippen molar-refractivity contribution in [3.63, 3.8) is 0 Å². The first-order valence-electron chi connectivity index (χ1n) is 10.9. The van der Waals surface area contributed by atoms with Gasteiger partial charge < -0.3 is 23.7 Å². The fraction of sp³-hybridized carbons (Fsp3) is 0.360. The summed E-state index contributed by atoms with van der Waals surface area (Å²) >= 11 is 0. The maximum Gasteiger partial charge on any atom is 0.372 e. The molecule has 0 saturated carbocycles. The highest BCUT2D eigenvalue weighted by molar-refractivity contribution is 6.06. The minimum absolute atomic E-state index is 0.266. The third-order valence-electron chi connectivity index (χ3n) is 4.74. The van der Waals surface area contributed by atoms with Crippen LogP contribution in [0.2, 0.25) is 0 Å². The number of rotatable bonds is 11. The van der Waals surface area contributed by atoms with Crippen molar-refractivity contribution in [1.29, 1.82) is 0 Å². The molecule has 1 heterocycles. The van der Waals surface area contributed by atoms with Gasteiger partial charge in [-0.05, 0) is 37.5 Å². The van der Waals surface area contributed by atoms with Crippen molar-refractivity contribution in [1.82, 2.24) is 0 Å². The standard InChI is InChI=1S/C25H28O7/c1-4-13-29-19-12-11-18(21(30-14-5-2)22(19)31-15-6-3)20-16-9-7-8-10-17(16)25(28)32-23(20)24(26)27/h7-12H,4-6,13-15H2,1-3H3,(H,26,27). The molecule has 0 bridgehead atoms. The number of carbonyl (C=O) groups is 1. The summed E-state index contributed by atoms with van der Waals surface area (Å²) in [5.74, 6) is -0.479. The zero-order valence-corrected chi connectivity index (χ0v) is 18.6. The first kappa shape index (κ1) is 23.2. The summed E-state index contributed by atoms with van der Waals surface area (Å²) in [6.45, 7) is 7.30. The van der Waals surface area contributed by atoms with Crippen molar-refractivity contribution < 1.29 is 28.5 Å². The average molecular weight is 440 g/mol. The molecule has 0 amide bonds. The maximum absolute atomic E-state index is 12.4. The van der Waals surface area contributed by atoms with Gasteiger partial charge in [-0.25, -0.2) is 9.59 Å². The van der Waals surface area contributed by atoms with Gasteiger partial charge in [-0.3, -0.25) is 0 Å². The van der Waals surface area contributed by atoms with Gasteiger partial charge in [-0.1, -0.05) is 39.0 Å². The van der Waals surface area contributed by atoms with E-state index in [-0.39, 0.29) is 10.9 Å². The topological polar surface area (TPSA) is 95.2 Å². The van der Waals surface area contributed by atoms with Gasteiger partial charge in [0.1, 0.15) is 0 Å². The van der Waals surface area contributed by atoms with Crippen molar-refractivity contribution >= 4 is 16.7 Å². The monoisotopic (exact) mass is 440 g/mol. The predicted octanol–water partition coefficient (Wildman–Crippen LogP) is 5.52. The van der Waals surface area contributed by atoms with Crippen LogP contribution in [-0.2, 0) is 0 Å². The van der Waals surface area contributed by atoms with Gasteiger partial charge in [0.2, 0.25) is 11.5 Å². The van der Waals surface area contributed by atoms with Crippen LogP contribution in [0.5, 0.6) is 17.2 Å². The van der Waals surface area contributed by atoms with Crippen LogP contribution < -0.4 is 19.8 Å². The number of ether oxygens (including phenoxy) is 3. The number of fused-ring (bicyclic) bond motifs is 1. The third-order valence-corrected chi connectivity index (χ3v) is 4.74. The second kappa shape index (κ2) is 10.7. The Hall–Kier alpha value is -3.48. The van der Waals surface area contributed by atoms with E-state index in [1.807, 2.05) is 20.8 Å². The number of benzene rings is 2. The van der Waals surface area contributed by atoms with Crippen molar-refractivity contribution in [2.75, 3.05) is 19.8 Å². The van der Waals surface area contributed by atoms with Crippen LogP contribution in [0.15, 0.2) is 45.6 Å². The van der Waals surface area contributed by atoms with E-state index >= 15 is 0 Å². The van der Waals surface area contributed by atoms with Gasteiger partial charge in [0.25, 0.3) is 0 Å². The summed E-state index contributed by atoms with van der Waals surface area (Å²) in [6.07, 6.45) is 2.33. The van der Waals surface area contributed by atoms with Crippen LogP contribution in [0.3, 0.4) is 0 Å². The summed E-state index contributed by atoms with van der Waals surface area (Å²) in [5.41, 5.74) is 0.0241. The minimum atomic E-state index is -1.34. The Morgan fingerprint density at radius 1 is 0.844 bits per heavy atom. The van der Waals surface area contributed by atoms with Crippen LogP contribution in [0.25, 0.3) is 21.9 Å². The first-order chi connectivity index (χ1) is 15.5. The lowest BCUT2D eigenvalue weighted by Crippen LogP contribution is -2.11. The lowest BCUT2D eigenvalue weighted by Gasteiger charge is -2.20. The molecular formula is C25H28O7. The molecule has 3 rings (SSSR count). The molecule has 0 saturated heterocycles. The Kier molecular flexibility index (Phi) is 7.76. The highest BCUT2D eigenvalue weighted by Crippen LogP contribution is 2.47. The summed E-state index contributed by atoms with van der Waals surface area (Å²) < 4.78 is 23.2. The highest BCUT2D eigenvalue weighted by Gasteiger charge is 2.27. The maximum atomic E-state index is 12.4. The summed E-state index contributed by atoms with van der Waals surface area (Å²) in [4.78, 5) is 24.5. The molecule has 0 aliphatic heterocycles. The Bertz CT molecular complexity index is 1150. The molecule has 0 spiro atoms. The fourth-order valence-electron chi connectivity index (χ4n) is 3.37. The molecule has 170 valence electrons. The van der Waals surface area contributed by atoms with E-state index in [1.165, 1.54) is 0 Å². The lowest BCUT2D eigenvalue weighted by atomic mass is 9.96. The molecule has 1 N–H and O–H groups in total. The second-order valence-corrected chi connectivity index (χ2v) is 7.26. The average Bonchev–Trinajstić information content (AvgIpc) is 2.80. The zero-order valence-electron chi connectivity index (χ0n) is 18.6. The van der Waals surface area contributed by atoms with E-state index in [9.17, 15) is 14.7 Å². The lowest BCUT2D eigenvalue weighted by molar-refractivity contribution is 0.0659. The molecule has 0 aliphatic rings. The van der Waals surface area contributed by atoms with Crippen molar-refractivity contribution in [3.8, 4) is 28.4 Å². The summed E-state index contributed by atoms with van der Waals surface area (Å²) in [6, 6.07) is 10.2.